The third-order valence-electron chi connectivity index (χ3n) is 8.82. The fourth-order valence-electron chi connectivity index (χ4n) is 6.34. The molecule has 0 bridgehead atoms. The summed E-state index contributed by atoms with van der Waals surface area (Å²) in [5.74, 6) is -3.21. The van der Waals surface area contributed by atoms with Gasteiger partial charge >= 0.3 is 0 Å². The van der Waals surface area contributed by atoms with Gasteiger partial charge in [0, 0.05) is 42.0 Å². The molecule has 0 aromatic heterocycles. The molecule has 1 heterocycles. The smallest absolute Gasteiger partial charge is 0.202 e. The number of aliphatic hydroxyl groups excluding tert-OH is 1. The standard InChI is InChI=1S/C33H33NO10/c1-15-28(36)20(34)11-23(43-15)44-22-13-33(41,16(2)35)12-19-25(22)32(40)27-26(30(19)38)29(37)18-9-6-10-21(24(18)31(27)39)42-14-17-7-4-3-5-8-17/h3-10,15,20,22-23,28,36,38,40-41H,11-14,34H2,1-2H3/t15?,20?,22-,23?,28?,33-/m0/s1. The maximum absolute atomic E-state index is 14.1. The Kier molecular flexibility index (Phi) is 7.55. The molecular formula is C33H33NO10. The van der Waals surface area contributed by atoms with Crippen molar-refractivity contribution in [2.45, 2.75) is 76.0 Å². The van der Waals surface area contributed by atoms with Crippen molar-refractivity contribution < 1.29 is 49.0 Å². The van der Waals surface area contributed by atoms with Gasteiger partial charge < -0.3 is 40.4 Å². The average molecular weight is 604 g/mol. The molecule has 4 unspecified atom stereocenters. The van der Waals surface area contributed by atoms with E-state index in [4.69, 9.17) is 19.9 Å². The van der Waals surface area contributed by atoms with E-state index in [9.17, 15) is 34.8 Å². The zero-order valence-electron chi connectivity index (χ0n) is 24.1. The molecule has 11 nitrogen and oxygen atoms in total. The number of benzene rings is 3. The van der Waals surface area contributed by atoms with Gasteiger partial charge in [-0.15, -0.1) is 0 Å². The molecule has 44 heavy (non-hydrogen) atoms. The number of rotatable bonds is 6. The highest BCUT2D eigenvalue weighted by molar-refractivity contribution is 6.31. The maximum atomic E-state index is 14.1. The molecule has 6 atom stereocenters. The summed E-state index contributed by atoms with van der Waals surface area (Å²) in [5.41, 5.74) is 3.79. The highest BCUT2D eigenvalue weighted by Gasteiger charge is 2.49. The molecule has 3 aliphatic rings. The van der Waals surface area contributed by atoms with Crippen molar-refractivity contribution in [3.63, 3.8) is 0 Å². The van der Waals surface area contributed by atoms with Gasteiger partial charge in [-0.25, -0.2) is 0 Å². The average Bonchev–Trinajstić information content (AvgIpc) is 2.99. The van der Waals surface area contributed by atoms with Crippen LogP contribution in [0.5, 0.6) is 17.2 Å². The number of hydrogen-bond donors (Lipinski definition) is 5. The van der Waals surface area contributed by atoms with Crippen LogP contribution in [0.1, 0.15) is 81.3 Å². The molecule has 1 aliphatic heterocycles. The Bertz CT molecular complexity index is 1660. The first-order valence-electron chi connectivity index (χ1n) is 14.4. The van der Waals surface area contributed by atoms with Gasteiger partial charge in [-0.05, 0) is 25.5 Å². The lowest BCUT2D eigenvalue weighted by molar-refractivity contribution is -0.247. The summed E-state index contributed by atoms with van der Waals surface area (Å²) in [6.07, 6.45) is -4.62. The number of phenols is 2. The van der Waals surface area contributed by atoms with Crippen molar-refractivity contribution in [1.82, 2.24) is 0 Å². The van der Waals surface area contributed by atoms with Gasteiger partial charge in [-0.2, -0.15) is 0 Å². The molecule has 1 saturated heterocycles. The first-order chi connectivity index (χ1) is 20.9. The monoisotopic (exact) mass is 603 g/mol. The fourth-order valence-corrected chi connectivity index (χ4v) is 6.34. The fraction of sp³-hybridized carbons (Fsp3) is 0.364. The lowest BCUT2D eigenvalue weighted by Gasteiger charge is -2.42. The highest BCUT2D eigenvalue weighted by atomic mass is 16.7. The van der Waals surface area contributed by atoms with Crippen molar-refractivity contribution in [3.8, 4) is 17.2 Å². The maximum Gasteiger partial charge on any atom is 0.202 e. The van der Waals surface area contributed by atoms with E-state index >= 15 is 0 Å². The van der Waals surface area contributed by atoms with Crippen molar-refractivity contribution in [2.24, 2.45) is 5.73 Å². The van der Waals surface area contributed by atoms with Gasteiger partial charge in [-0.3, -0.25) is 14.4 Å². The Morgan fingerprint density at radius 2 is 1.73 bits per heavy atom. The predicted octanol–water partition coefficient (Wildman–Crippen LogP) is 2.60. The van der Waals surface area contributed by atoms with Crippen LogP contribution in [0, 0.1) is 0 Å². The Morgan fingerprint density at radius 1 is 1.02 bits per heavy atom. The number of fused-ring (bicyclic) bond motifs is 3. The van der Waals surface area contributed by atoms with E-state index in [-0.39, 0.29) is 47.5 Å². The summed E-state index contributed by atoms with van der Waals surface area (Å²) >= 11 is 0. The van der Waals surface area contributed by atoms with Crippen molar-refractivity contribution >= 4 is 17.3 Å². The van der Waals surface area contributed by atoms with E-state index in [0.717, 1.165) is 5.56 Å². The van der Waals surface area contributed by atoms with Gasteiger partial charge in [0.05, 0.1) is 35.0 Å². The Hall–Kier alpha value is -4.13. The minimum Gasteiger partial charge on any atom is -0.507 e. The van der Waals surface area contributed by atoms with Crippen LogP contribution >= 0.6 is 0 Å². The molecule has 1 fully saturated rings. The summed E-state index contributed by atoms with van der Waals surface area (Å²) in [7, 11) is 0. The van der Waals surface area contributed by atoms with Crippen LogP contribution in [0.2, 0.25) is 0 Å². The number of Topliss-reactive ketones (excluding diaryl/α,β-unsaturated/α-hetero) is 1. The minimum absolute atomic E-state index is 0.0229. The van der Waals surface area contributed by atoms with Crippen LogP contribution in [-0.4, -0.2) is 67.9 Å². The zero-order valence-corrected chi connectivity index (χ0v) is 24.1. The summed E-state index contributed by atoms with van der Waals surface area (Å²) in [6, 6.07) is 13.1. The quantitative estimate of drug-likeness (QED) is 0.204. The minimum atomic E-state index is -2.02. The molecule has 0 radical (unpaired) electrons. The van der Waals surface area contributed by atoms with E-state index in [1.807, 2.05) is 30.3 Å². The molecule has 2 aliphatic carbocycles. The molecule has 6 N–H and O–H groups in total. The Morgan fingerprint density at radius 3 is 2.41 bits per heavy atom. The first kappa shape index (κ1) is 29.9. The molecule has 11 heteroatoms. The number of nitrogens with two attached hydrogens (primary N) is 1. The largest absolute Gasteiger partial charge is 0.507 e. The van der Waals surface area contributed by atoms with Crippen LogP contribution in [0.3, 0.4) is 0 Å². The van der Waals surface area contributed by atoms with E-state index in [2.05, 4.69) is 0 Å². The number of aliphatic hydroxyl groups is 2. The third kappa shape index (κ3) is 4.86. The molecule has 230 valence electrons. The molecular weight excluding hydrogens is 570 g/mol. The number of hydrogen-bond acceptors (Lipinski definition) is 11. The van der Waals surface area contributed by atoms with Gasteiger partial charge in [0.25, 0.3) is 0 Å². The normalized spacial score (nSPS) is 27.7. The van der Waals surface area contributed by atoms with Gasteiger partial charge in [0.15, 0.2) is 17.9 Å². The third-order valence-corrected chi connectivity index (χ3v) is 8.82. The number of carbonyl (C=O) groups is 3. The van der Waals surface area contributed by atoms with Crippen LogP contribution in [0.15, 0.2) is 48.5 Å². The molecule has 0 amide bonds. The second-order valence-electron chi connectivity index (χ2n) is 11.7. The topological polar surface area (TPSA) is 186 Å². The van der Waals surface area contributed by atoms with E-state index in [1.54, 1.807) is 19.1 Å². The molecule has 3 aromatic rings. The number of ketones is 3. The van der Waals surface area contributed by atoms with Gasteiger partial charge in [0.2, 0.25) is 5.78 Å². The van der Waals surface area contributed by atoms with Crippen LogP contribution in [0.25, 0.3) is 0 Å². The van der Waals surface area contributed by atoms with E-state index in [1.165, 1.54) is 13.0 Å². The van der Waals surface area contributed by atoms with Crippen molar-refractivity contribution in [3.05, 3.63) is 87.5 Å². The number of aromatic hydroxyl groups is 2. The summed E-state index contributed by atoms with van der Waals surface area (Å²) < 4.78 is 17.9. The summed E-state index contributed by atoms with van der Waals surface area (Å²) in [4.78, 5) is 40.5. The first-order valence-corrected chi connectivity index (χ1v) is 14.4. The van der Waals surface area contributed by atoms with E-state index in [0.29, 0.717) is 0 Å². The van der Waals surface area contributed by atoms with Crippen LogP contribution in [0.4, 0.5) is 0 Å². The highest BCUT2D eigenvalue weighted by Crippen LogP contribution is 2.52. The second kappa shape index (κ2) is 11.1. The van der Waals surface area contributed by atoms with Gasteiger partial charge in [0.1, 0.15) is 29.5 Å². The molecule has 6 rings (SSSR count). The van der Waals surface area contributed by atoms with Crippen molar-refractivity contribution in [2.75, 3.05) is 0 Å². The van der Waals surface area contributed by atoms with Gasteiger partial charge in [-0.1, -0.05) is 42.5 Å². The Labute approximate surface area is 252 Å². The predicted molar refractivity (Wildman–Crippen MR) is 155 cm³/mol. The van der Waals surface area contributed by atoms with Crippen LogP contribution < -0.4 is 10.5 Å². The second-order valence-corrected chi connectivity index (χ2v) is 11.7. The lowest BCUT2D eigenvalue weighted by Crippen LogP contribution is -2.52. The molecule has 0 spiro atoms. The number of phenolic OH excluding ortho intramolecular Hbond substituents is 2. The molecule has 0 saturated carbocycles. The van der Waals surface area contributed by atoms with Crippen LogP contribution in [-0.2, 0) is 27.3 Å². The number of ether oxygens (including phenoxy) is 3. The van der Waals surface area contributed by atoms with E-state index < -0.39 is 82.6 Å². The number of carbonyl (C=O) groups excluding carboxylic acids is 3. The summed E-state index contributed by atoms with van der Waals surface area (Å²) in [5, 5.41) is 44.8. The van der Waals surface area contributed by atoms with Crippen molar-refractivity contribution in [1.29, 1.82) is 0 Å². The lowest BCUT2D eigenvalue weighted by atomic mass is 9.72. The SMILES string of the molecule is CC(=O)[C@]1(O)Cc2c(O)c3c(c(O)c2[C@@H](OC2CC(N)C(O)C(C)O2)C1)C(=O)c1c(OCc2ccccc2)cccc1C3=O. The Balaban J connectivity index is 1.45. The molecule has 3 aromatic carbocycles. The summed E-state index contributed by atoms with van der Waals surface area (Å²) in [6.45, 7) is 2.91. The zero-order chi connectivity index (χ0) is 31.5.